The van der Waals surface area contributed by atoms with Crippen LogP contribution < -0.4 is 10.2 Å². The Morgan fingerprint density at radius 3 is 2.70 bits per heavy atom. The van der Waals surface area contributed by atoms with Gasteiger partial charge in [0.15, 0.2) is 0 Å². The van der Waals surface area contributed by atoms with Gasteiger partial charge in [-0.05, 0) is 64.0 Å². The van der Waals surface area contributed by atoms with Gasteiger partial charge in [0.25, 0.3) is 0 Å². The topological polar surface area (TPSA) is 50.7 Å². The van der Waals surface area contributed by atoms with Crippen LogP contribution in [0.2, 0.25) is 10.0 Å². The lowest BCUT2D eigenvalue weighted by Gasteiger charge is -2.09. The molecular formula is C16H13Cl2IN2O2. The van der Waals surface area contributed by atoms with E-state index in [1.165, 1.54) is 6.92 Å². The minimum absolute atomic E-state index is 0.211. The molecule has 120 valence electrons. The molecule has 0 aliphatic heterocycles. The summed E-state index contributed by atoms with van der Waals surface area (Å²) in [6, 6.07) is 11.0. The summed E-state index contributed by atoms with van der Waals surface area (Å²) >= 11 is 14.1. The summed E-state index contributed by atoms with van der Waals surface area (Å²) in [6.45, 7) is 1.80. The quantitative estimate of drug-likeness (QED) is 0.399. The summed E-state index contributed by atoms with van der Waals surface area (Å²) in [5.41, 5.74) is 4.16. The molecule has 0 saturated heterocycles. The highest BCUT2D eigenvalue weighted by atomic mass is 127. The third kappa shape index (κ3) is 5.67. The van der Waals surface area contributed by atoms with E-state index in [2.05, 4.69) is 33.1 Å². The first-order chi connectivity index (χ1) is 11.0. The van der Waals surface area contributed by atoms with Gasteiger partial charge in [0.2, 0.25) is 5.91 Å². The van der Waals surface area contributed by atoms with Gasteiger partial charge in [-0.15, -0.1) is 0 Å². The van der Waals surface area contributed by atoms with Gasteiger partial charge in [-0.2, -0.15) is 5.10 Å². The Labute approximate surface area is 158 Å². The fourth-order valence-electron chi connectivity index (χ4n) is 1.70. The Kier molecular flexibility index (Phi) is 6.68. The lowest BCUT2D eigenvalue weighted by Crippen LogP contribution is -2.12. The number of carbonyl (C=O) groups is 1. The van der Waals surface area contributed by atoms with E-state index >= 15 is 0 Å². The van der Waals surface area contributed by atoms with Gasteiger partial charge in [0, 0.05) is 6.92 Å². The van der Waals surface area contributed by atoms with Gasteiger partial charge in [0.05, 0.1) is 19.8 Å². The molecule has 0 saturated carbocycles. The van der Waals surface area contributed by atoms with Crippen LogP contribution in [0.4, 0.5) is 0 Å². The Morgan fingerprint density at radius 1 is 1.26 bits per heavy atom. The molecule has 0 unspecified atom stereocenters. The Hall–Kier alpha value is -1.31. The van der Waals surface area contributed by atoms with Crippen molar-refractivity contribution in [1.82, 2.24) is 5.43 Å². The molecule has 1 amide bonds. The van der Waals surface area contributed by atoms with Crippen LogP contribution in [0.25, 0.3) is 0 Å². The summed E-state index contributed by atoms with van der Waals surface area (Å²) in [7, 11) is 0. The second-order valence-corrected chi connectivity index (χ2v) is 6.63. The molecule has 1 N–H and O–H groups in total. The number of amides is 1. The van der Waals surface area contributed by atoms with E-state index in [4.69, 9.17) is 27.9 Å². The minimum atomic E-state index is -0.211. The monoisotopic (exact) mass is 462 g/mol. The lowest BCUT2D eigenvalue weighted by molar-refractivity contribution is -0.118. The highest BCUT2D eigenvalue weighted by Gasteiger charge is 2.04. The summed E-state index contributed by atoms with van der Waals surface area (Å²) < 4.78 is 6.73. The molecule has 0 aromatic heterocycles. The maximum atomic E-state index is 10.8. The van der Waals surface area contributed by atoms with Crippen molar-refractivity contribution < 1.29 is 9.53 Å². The summed E-state index contributed by atoms with van der Waals surface area (Å²) in [6.07, 6.45) is 1.58. The summed E-state index contributed by atoms with van der Waals surface area (Å²) in [5, 5.41) is 4.86. The smallest absolute Gasteiger partial charge is 0.236 e. The van der Waals surface area contributed by atoms with Crippen LogP contribution in [-0.4, -0.2) is 12.1 Å². The van der Waals surface area contributed by atoms with E-state index in [-0.39, 0.29) is 5.91 Å². The SMILES string of the molecule is CC(=O)N/N=C\c1ccc(OCc2ccc(Cl)c(Cl)c2)c(I)c1. The zero-order chi connectivity index (χ0) is 16.8. The van der Waals surface area contributed by atoms with E-state index < -0.39 is 0 Å². The van der Waals surface area contributed by atoms with Crippen molar-refractivity contribution in [3.8, 4) is 5.75 Å². The van der Waals surface area contributed by atoms with E-state index in [0.717, 1.165) is 20.4 Å². The zero-order valence-corrected chi connectivity index (χ0v) is 15.8. The standard InChI is InChI=1S/C16H13Cl2IN2O2/c1-10(22)21-20-8-11-3-5-16(15(19)7-11)23-9-12-2-4-13(17)14(18)6-12/h2-8H,9H2,1H3,(H,21,22)/b20-8-. The van der Waals surface area contributed by atoms with E-state index in [1.54, 1.807) is 18.3 Å². The van der Waals surface area contributed by atoms with E-state index in [0.29, 0.717) is 16.7 Å². The molecule has 0 fully saturated rings. The maximum Gasteiger partial charge on any atom is 0.236 e. The largest absolute Gasteiger partial charge is 0.488 e. The summed E-state index contributed by atoms with van der Waals surface area (Å²) in [4.78, 5) is 10.8. The number of rotatable bonds is 5. The number of nitrogens with zero attached hydrogens (tertiary/aromatic N) is 1. The van der Waals surface area contributed by atoms with Gasteiger partial charge in [-0.3, -0.25) is 4.79 Å². The Balaban J connectivity index is 2.01. The van der Waals surface area contributed by atoms with Crippen LogP contribution in [0.5, 0.6) is 5.75 Å². The fraction of sp³-hybridized carbons (Fsp3) is 0.125. The van der Waals surface area contributed by atoms with Gasteiger partial charge in [-0.1, -0.05) is 29.3 Å². The van der Waals surface area contributed by atoms with Crippen LogP contribution in [-0.2, 0) is 11.4 Å². The molecule has 23 heavy (non-hydrogen) atoms. The molecule has 2 rings (SSSR count). The van der Waals surface area contributed by atoms with Crippen molar-refractivity contribution in [2.45, 2.75) is 13.5 Å². The van der Waals surface area contributed by atoms with Crippen molar-refractivity contribution in [2.75, 3.05) is 0 Å². The first-order valence-corrected chi connectivity index (χ1v) is 8.45. The van der Waals surface area contributed by atoms with Crippen molar-refractivity contribution >= 4 is 57.9 Å². The average molecular weight is 463 g/mol. The molecule has 0 aliphatic carbocycles. The van der Waals surface area contributed by atoms with Crippen LogP contribution in [0, 0.1) is 3.57 Å². The third-order valence-corrected chi connectivity index (χ3v) is 4.35. The molecule has 0 radical (unpaired) electrons. The molecule has 4 nitrogen and oxygen atoms in total. The number of hydrogen-bond donors (Lipinski definition) is 1. The van der Waals surface area contributed by atoms with Crippen LogP contribution >= 0.6 is 45.8 Å². The van der Waals surface area contributed by atoms with E-state index in [9.17, 15) is 4.79 Å². The van der Waals surface area contributed by atoms with Crippen LogP contribution in [0.15, 0.2) is 41.5 Å². The van der Waals surface area contributed by atoms with Crippen molar-refractivity contribution in [1.29, 1.82) is 0 Å². The van der Waals surface area contributed by atoms with Crippen molar-refractivity contribution in [3.05, 3.63) is 61.1 Å². The predicted molar refractivity (Wildman–Crippen MR) is 101 cm³/mol. The number of nitrogens with one attached hydrogen (secondary N) is 1. The highest BCUT2D eigenvalue weighted by Crippen LogP contribution is 2.25. The second kappa shape index (κ2) is 8.52. The number of halogens is 3. The molecule has 0 atom stereocenters. The number of hydrazone groups is 1. The summed E-state index contributed by atoms with van der Waals surface area (Å²) in [5.74, 6) is 0.547. The zero-order valence-electron chi connectivity index (χ0n) is 12.1. The molecule has 0 spiro atoms. The van der Waals surface area contributed by atoms with Crippen molar-refractivity contribution in [3.63, 3.8) is 0 Å². The lowest BCUT2D eigenvalue weighted by atomic mass is 10.2. The number of benzene rings is 2. The molecule has 0 bridgehead atoms. The Bertz CT molecular complexity index is 751. The van der Waals surface area contributed by atoms with Crippen LogP contribution in [0.3, 0.4) is 0 Å². The molecule has 0 heterocycles. The number of carbonyl (C=O) groups excluding carboxylic acids is 1. The van der Waals surface area contributed by atoms with Gasteiger partial charge in [0.1, 0.15) is 12.4 Å². The molecule has 7 heteroatoms. The van der Waals surface area contributed by atoms with Gasteiger partial charge < -0.3 is 4.74 Å². The van der Waals surface area contributed by atoms with E-state index in [1.807, 2.05) is 24.3 Å². The second-order valence-electron chi connectivity index (χ2n) is 4.65. The minimum Gasteiger partial charge on any atom is -0.488 e. The molecule has 2 aromatic rings. The molecule has 0 aliphatic rings. The molecular weight excluding hydrogens is 450 g/mol. The normalized spacial score (nSPS) is 10.8. The third-order valence-electron chi connectivity index (χ3n) is 2.77. The van der Waals surface area contributed by atoms with Gasteiger partial charge >= 0.3 is 0 Å². The van der Waals surface area contributed by atoms with Crippen LogP contribution in [0.1, 0.15) is 18.1 Å². The number of hydrogen-bond acceptors (Lipinski definition) is 3. The predicted octanol–water partition coefficient (Wildman–Crippen LogP) is 4.65. The first kappa shape index (κ1) is 18.0. The number of ether oxygens (including phenoxy) is 1. The highest BCUT2D eigenvalue weighted by molar-refractivity contribution is 14.1. The van der Waals surface area contributed by atoms with Gasteiger partial charge in [-0.25, -0.2) is 5.43 Å². The van der Waals surface area contributed by atoms with Crippen molar-refractivity contribution in [2.24, 2.45) is 5.10 Å². The molecule has 2 aromatic carbocycles. The average Bonchev–Trinajstić information content (AvgIpc) is 2.49. The first-order valence-electron chi connectivity index (χ1n) is 6.61. The fourth-order valence-corrected chi connectivity index (χ4v) is 2.72. The Morgan fingerprint density at radius 2 is 2.04 bits per heavy atom. The maximum absolute atomic E-state index is 10.8.